The van der Waals surface area contributed by atoms with Gasteiger partial charge in [-0.15, -0.1) is 24.8 Å². The number of halogens is 5. The Morgan fingerprint density at radius 2 is 1.55 bits per heavy atom. The molecule has 0 amide bonds. The molecule has 0 radical (unpaired) electrons. The van der Waals surface area contributed by atoms with Crippen molar-refractivity contribution < 1.29 is 13.2 Å². The number of hydrogen-bond acceptors (Lipinski definition) is 4. The number of fused-ring (bicyclic) bond motifs is 2. The molecule has 0 aliphatic carbocycles. The Morgan fingerprint density at radius 1 is 1.05 bits per heavy atom. The molecular weight excluding hydrogens is 316 g/mol. The monoisotopic (exact) mass is 330 g/mol. The van der Waals surface area contributed by atoms with E-state index in [0.29, 0.717) is 18.0 Å². The van der Waals surface area contributed by atoms with Gasteiger partial charge in [-0.05, 0) is 12.8 Å². The summed E-state index contributed by atoms with van der Waals surface area (Å²) in [4.78, 5) is 9.62. The van der Waals surface area contributed by atoms with E-state index in [0.717, 1.165) is 38.3 Å². The lowest BCUT2D eigenvalue weighted by Gasteiger charge is -2.32. The number of piperazine rings is 1. The van der Waals surface area contributed by atoms with Crippen LogP contribution in [0.15, 0.2) is 12.4 Å². The number of rotatable bonds is 1. The molecule has 0 aromatic carbocycles. The molecule has 0 saturated carbocycles. The van der Waals surface area contributed by atoms with E-state index in [-0.39, 0.29) is 24.8 Å². The van der Waals surface area contributed by atoms with E-state index >= 15 is 0 Å². The summed E-state index contributed by atoms with van der Waals surface area (Å²) in [7, 11) is 0. The molecule has 1 aromatic heterocycles. The van der Waals surface area contributed by atoms with E-state index < -0.39 is 11.7 Å². The molecule has 2 saturated heterocycles. The summed E-state index contributed by atoms with van der Waals surface area (Å²) in [5.74, 6) is 0.390. The number of anilines is 1. The molecule has 2 bridgehead atoms. The fourth-order valence-electron chi connectivity index (χ4n) is 2.59. The highest BCUT2D eigenvalue weighted by molar-refractivity contribution is 5.85. The molecule has 1 aromatic rings. The Kier molecular flexibility index (Phi) is 5.46. The lowest BCUT2D eigenvalue weighted by atomic mass is 10.2. The molecule has 114 valence electrons. The number of alkyl halides is 3. The van der Waals surface area contributed by atoms with Gasteiger partial charge in [-0.2, -0.15) is 13.2 Å². The molecule has 2 aliphatic rings. The maximum absolute atomic E-state index is 12.4. The van der Waals surface area contributed by atoms with Gasteiger partial charge < -0.3 is 10.2 Å². The average Bonchev–Trinajstić information content (AvgIpc) is 2.67. The number of nitrogens with one attached hydrogen (secondary N) is 1. The van der Waals surface area contributed by atoms with Crippen LogP contribution >= 0.6 is 24.8 Å². The van der Waals surface area contributed by atoms with Crippen LogP contribution in [-0.2, 0) is 6.18 Å². The maximum Gasteiger partial charge on any atom is 0.419 e. The zero-order valence-electron chi connectivity index (χ0n) is 10.4. The first-order chi connectivity index (χ1) is 8.52. The van der Waals surface area contributed by atoms with Gasteiger partial charge in [-0.25, -0.2) is 9.97 Å². The van der Waals surface area contributed by atoms with Crippen molar-refractivity contribution in [3.8, 4) is 0 Å². The molecule has 2 aliphatic heterocycles. The third kappa shape index (κ3) is 3.45. The van der Waals surface area contributed by atoms with Gasteiger partial charge in [0.15, 0.2) is 0 Å². The highest BCUT2D eigenvalue weighted by Gasteiger charge is 2.34. The van der Waals surface area contributed by atoms with E-state index in [9.17, 15) is 13.2 Å². The van der Waals surface area contributed by atoms with Crippen molar-refractivity contribution in [3.63, 3.8) is 0 Å². The standard InChI is InChI=1S/C11H13F3N4.2ClH/c12-11(13,14)7-3-15-10(16-4-7)18-5-8-1-2-9(6-18)17-8;;/h3-4,8-9,17H,1-2,5-6H2;2*1H. The van der Waals surface area contributed by atoms with Crippen molar-refractivity contribution in [1.29, 1.82) is 0 Å². The van der Waals surface area contributed by atoms with Crippen LogP contribution in [0, 0.1) is 0 Å². The van der Waals surface area contributed by atoms with Gasteiger partial charge in [0.05, 0.1) is 5.56 Å². The van der Waals surface area contributed by atoms with Gasteiger partial charge in [-0.3, -0.25) is 0 Å². The Hall–Kier alpha value is -0.790. The van der Waals surface area contributed by atoms with E-state index in [1.165, 1.54) is 0 Å². The lowest BCUT2D eigenvalue weighted by molar-refractivity contribution is -0.138. The van der Waals surface area contributed by atoms with Crippen molar-refractivity contribution in [3.05, 3.63) is 18.0 Å². The van der Waals surface area contributed by atoms with Crippen LogP contribution in [0.3, 0.4) is 0 Å². The van der Waals surface area contributed by atoms with Crippen molar-refractivity contribution in [2.75, 3.05) is 18.0 Å². The van der Waals surface area contributed by atoms with Crippen LogP contribution in [0.5, 0.6) is 0 Å². The third-order valence-corrected chi connectivity index (χ3v) is 3.46. The van der Waals surface area contributed by atoms with Crippen molar-refractivity contribution in [2.45, 2.75) is 31.1 Å². The molecule has 4 nitrogen and oxygen atoms in total. The molecule has 2 fully saturated rings. The topological polar surface area (TPSA) is 41.1 Å². The fraction of sp³-hybridized carbons (Fsp3) is 0.636. The van der Waals surface area contributed by atoms with Gasteiger partial charge >= 0.3 is 6.18 Å². The van der Waals surface area contributed by atoms with E-state index in [1.54, 1.807) is 0 Å². The van der Waals surface area contributed by atoms with E-state index in [1.807, 2.05) is 4.90 Å². The molecule has 0 spiro atoms. The van der Waals surface area contributed by atoms with Crippen LogP contribution in [0.25, 0.3) is 0 Å². The summed E-state index contributed by atoms with van der Waals surface area (Å²) >= 11 is 0. The highest BCUT2D eigenvalue weighted by Crippen LogP contribution is 2.29. The molecule has 2 atom stereocenters. The summed E-state index contributed by atoms with van der Waals surface area (Å²) in [6, 6.07) is 0.823. The van der Waals surface area contributed by atoms with Gasteiger partial charge in [0.2, 0.25) is 5.95 Å². The molecule has 2 unspecified atom stereocenters. The third-order valence-electron chi connectivity index (χ3n) is 3.46. The predicted octanol–water partition coefficient (Wildman–Crippen LogP) is 2.28. The largest absolute Gasteiger partial charge is 0.419 e. The first kappa shape index (κ1) is 17.3. The molecule has 9 heteroatoms. The number of hydrogen-bond donors (Lipinski definition) is 1. The van der Waals surface area contributed by atoms with Crippen LogP contribution in [0.4, 0.5) is 19.1 Å². The SMILES string of the molecule is Cl.Cl.FC(F)(F)c1cnc(N2CC3CCC(C2)N3)nc1. The smallest absolute Gasteiger partial charge is 0.338 e. The second kappa shape index (κ2) is 6.32. The minimum atomic E-state index is -4.37. The van der Waals surface area contributed by atoms with Crippen molar-refractivity contribution >= 4 is 30.8 Å². The van der Waals surface area contributed by atoms with Gasteiger partial charge in [-0.1, -0.05) is 0 Å². The quantitative estimate of drug-likeness (QED) is 0.857. The van der Waals surface area contributed by atoms with Gasteiger partial charge in [0, 0.05) is 37.6 Å². The highest BCUT2D eigenvalue weighted by atomic mass is 35.5. The molecular formula is C11H15Cl2F3N4. The molecule has 3 rings (SSSR count). The first-order valence-corrected chi connectivity index (χ1v) is 5.92. The number of aromatic nitrogens is 2. The van der Waals surface area contributed by atoms with Crippen molar-refractivity contribution in [1.82, 2.24) is 15.3 Å². The van der Waals surface area contributed by atoms with Crippen LogP contribution < -0.4 is 10.2 Å². The summed E-state index contributed by atoms with van der Waals surface area (Å²) in [5.41, 5.74) is -0.802. The maximum atomic E-state index is 12.4. The molecule has 1 N–H and O–H groups in total. The Bertz CT molecular complexity index is 428. The van der Waals surface area contributed by atoms with Crippen molar-refractivity contribution in [2.24, 2.45) is 0 Å². The minimum absolute atomic E-state index is 0. The number of nitrogens with zero attached hydrogens (tertiary/aromatic N) is 3. The summed E-state index contributed by atoms with van der Waals surface area (Å²) in [5, 5.41) is 3.45. The predicted molar refractivity (Wildman–Crippen MR) is 73.7 cm³/mol. The van der Waals surface area contributed by atoms with Crippen LogP contribution in [0.2, 0.25) is 0 Å². The van der Waals surface area contributed by atoms with E-state index in [4.69, 9.17) is 0 Å². The zero-order valence-corrected chi connectivity index (χ0v) is 12.1. The second-order valence-corrected chi connectivity index (χ2v) is 4.81. The van der Waals surface area contributed by atoms with Crippen LogP contribution in [0.1, 0.15) is 18.4 Å². The fourth-order valence-corrected chi connectivity index (χ4v) is 2.59. The molecule has 20 heavy (non-hydrogen) atoms. The minimum Gasteiger partial charge on any atom is -0.338 e. The average molecular weight is 331 g/mol. The Morgan fingerprint density at radius 3 is 2.00 bits per heavy atom. The molecule has 3 heterocycles. The van der Waals surface area contributed by atoms with Gasteiger partial charge in [0.25, 0.3) is 0 Å². The lowest BCUT2D eigenvalue weighted by Crippen LogP contribution is -2.51. The zero-order chi connectivity index (χ0) is 12.8. The first-order valence-electron chi connectivity index (χ1n) is 5.92. The summed E-state index contributed by atoms with van der Waals surface area (Å²) < 4.78 is 37.2. The Labute approximate surface area is 127 Å². The summed E-state index contributed by atoms with van der Waals surface area (Å²) in [6.07, 6.45) is -0.441. The van der Waals surface area contributed by atoms with Gasteiger partial charge in [0.1, 0.15) is 0 Å². The summed E-state index contributed by atoms with van der Waals surface area (Å²) in [6.45, 7) is 1.53. The van der Waals surface area contributed by atoms with E-state index in [2.05, 4.69) is 15.3 Å². The Balaban J connectivity index is 0.000001000. The second-order valence-electron chi connectivity index (χ2n) is 4.81. The normalized spacial score (nSPS) is 24.9. The van der Waals surface area contributed by atoms with Crippen LogP contribution in [-0.4, -0.2) is 35.1 Å².